The van der Waals surface area contributed by atoms with Crippen molar-refractivity contribution in [2.75, 3.05) is 11.9 Å². The van der Waals surface area contributed by atoms with E-state index in [0.717, 1.165) is 18.2 Å². The fraction of sp³-hybridized carbons (Fsp3) is 0.222. The highest BCUT2D eigenvalue weighted by Gasteiger charge is 2.43. The van der Waals surface area contributed by atoms with Gasteiger partial charge in [-0.1, -0.05) is 0 Å². The lowest BCUT2D eigenvalue weighted by molar-refractivity contribution is -0.286. The van der Waals surface area contributed by atoms with Crippen LogP contribution in [0.4, 0.5) is 40.8 Å². The number of ether oxygens (including phenoxy) is 3. The lowest BCUT2D eigenvalue weighted by Gasteiger charge is -2.14. The molecular weight excluding hydrogens is 462 g/mol. The van der Waals surface area contributed by atoms with Crippen molar-refractivity contribution < 1.29 is 58.9 Å². The Morgan fingerprint density at radius 2 is 1.44 bits per heavy atom. The molecule has 0 unspecified atom stereocenters. The Hall–Kier alpha value is -3.58. The quantitative estimate of drug-likeness (QED) is 0.511. The van der Waals surface area contributed by atoms with Gasteiger partial charge in [0.15, 0.2) is 18.1 Å². The van der Waals surface area contributed by atoms with E-state index in [0.29, 0.717) is 0 Å². The molecule has 14 heteroatoms. The van der Waals surface area contributed by atoms with Crippen LogP contribution in [0, 0.1) is 0 Å². The van der Waals surface area contributed by atoms with Crippen LogP contribution in [0.5, 0.6) is 11.5 Å². The zero-order valence-electron chi connectivity index (χ0n) is 15.2. The van der Waals surface area contributed by atoms with Crippen LogP contribution < -0.4 is 14.8 Å². The van der Waals surface area contributed by atoms with Crippen LogP contribution in [-0.2, 0) is 21.9 Å². The van der Waals surface area contributed by atoms with E-state index in [1.54, 1.807) is 0 Å². The molecule has 0 aliphatic carbocycles. The third-order valence-electron chi connectivity index (χ3n) is 3.84. The molecule has 3 rings (SSSR count). The van der Waals surface area contributed by atoms with E-state index in [1.165, 1.54) is 0 Å². The van der Waals surface area contributed by atoms with Crippen molar-refractivity contribution in [3.8, 4) is 11.5 Å². The van der Waals surface area contributed by atoms with Gasteiger partial charge >= 0.3 is 24.6 Å². The highest BCUT2D eigenvalue weighted by Crippen LogP contribution is 2.42. The van der Waals surface area contributed by atoms with E-state index in [9.17, 15) is 44.7 Å². The first-order valence-corrected chi connectivity index (χ1v) is 8.30. The fourth-order valence-electron chi connectivity index (χ4n) is 2.51. The third kappa shape index (κ3) is 5.36. The van der Waals surface area contributed by atoms with Crippen molar-refractivity contribution in [2.45, 2.75) is 18.6 Å². The van der Waals surface area contributed by atoms with Gasteiger partial charge in [0.05, 0.1) is 16.7 Å². The minimum Gasteiger partial charge on any atom is -0.452 e. The van der Waals surface area contributed by atoms with Crippen LogP contribution in [0.3, 0.4) is 0 Å². The van der Waals surface area contributed by atoms with Crippen molar-refractivity contribution in [3.63, 3.8) is 0 Å². The minimum absolute atomic E-state index is 0.0930. The molecule has 172 valence electrons. The van der Waals surface area contributed by atoms with Crippen molar-refractivity contribution >= 4 is 17.6 Å². The van der Waals surface area contributed by atoms with E-state index in [1.807, 2.05) is 0 Å². The number of anilines is 1. The van der Waals surface area contributed by atoms with Crippen molar-refractivity contribution in [1.29, 1.82) is 0 Å². The zero-order chi connectivity index (χ0) is 23.9. The molecular formula is C18H9F8NO5. The molecule has 1 aliphatic heterocycles. The Bertz CT molecular complexity index is 1030. The van der Waals surface area contributed by atoms with Crippen LogP contribution in [0.25, 0.3) is 0 Å². The van der Waals surface area contributed by atoms with Crippen molar-refractivity contribution in [2.24, 2.45) is 0 Å². The summed E-state index contributed by atoms with van der Waals surface area (Å²) in [6.07, 6.45) is -14.3. The number of amides is 1. The topological polar surface area (TPSA) is 73.9 Å². The molecule has 6 nitrogen and oxygen atoms in total. The fourth-order valence-corrected chi connectivity index (χ4v) is 2.51. The zero-order valence-corrected chi connectivity index (χ0v) is 15.2. The number of hydrogen-bond donors (Lipinski definition) is 1. The molecule has 0 bridgehead atoms. The number of halogens is 8. The van der Waals surface area contributed by atoms with Gasteiger partial charge in [-0.15, -0.1) is 8.78 Å². The second kappa shape index (κ2) is 7.84. The second-order valence-corrected chi connectivity index (χ2v) is 6.25. The maximum atomic E-state index is 13.0. The molecule has 2 aromatic carbocycles. The molecule has 0 fully saturated rings. The van der Waals surface area contributed by atoms with Gasteiger partial charge in [-0.05, 0) is 30.3 Å². The van der Waals surface area contributed by atoms with E-state index >= 15 is 0 Å². The number of carbonyl (C=O) groups excluding carboxylic acids is 2. The summed E-state index contributed by atoms with van der Waals surface area (Å²) < 4.78 is 116. The summed E-state index contributed by atoms with van der Waals surface area (Å²) >= 11 is 0. The number of carbonyl (C=O) groups is 2. The monoisotopic (exact) mass is 471 g/mol. The Balaban J connectivity index is 1.68. The number of benzene rings is 2. The molecule has 1 amide bonds. The van der Waals surface area contributed by atoms with E-state index in [-0.39, 0.29) is 29.6 Å². The van der Waals surface area contributed by atoms with Gasteiger partial charge in [-0.25, -0.2) is 4.79 Å². The minimum atomic E-state index is -5.18. The predicted octanol–water partition coefficient (Wildman–Crippen LogP) is 4.84. The number of alkyl halides is 8. The van der Waals surface area contributed by atoms with E-state index < -0.39 is 59.6 Å². The normalized spacial score (nSPS) is 14.8. The molecule has 0 saturated heterocycles. The number of rotatable bonds is 4. The summed E-state index contributed by atoms with van der Waals surface area (Å²) in [6, 6.07) is 3.25. The Morgan fingerprint density at radius 3 is 2.00 bits per heavy atom. The van der Waals surface area contributed by atoms with Gasteiger partial charge in [0.2, 0.25) is 0 Å². The predicted molar refractivity (Wildman–Crippen MR) is 88.0 cm³/mol. The molecule has 0 radical (unpaired) electrons. The maximum absolute atomic E-state index is 13.0. The molecule has 1 aliphatic rings. The summed E-state index contributed by atoms with van der Waals surface area (Å²) in [7, 11) is 0. The van der Waals surface area contributed by atoms with Gasteiger partial charge < -0.3 is 19.5 Å². The number of esters is 1. The summed E-state index contributed by atoms with van der Waals surface area (Å²) in [4.78, 5) is 23.8. The maximum Gasteiger partial charge on any atom is 0.586 e. The Labute approximate surface area is 172 Å². The average Bonchev–Trinajstić information content (AvgIpc) is 2.97. The molecule has 0 atom stereocenters. The van der Waals surface area contributed by atoms with Crippen LogP contribution in [0.1, 0.15) is 21.5 Å². The molecule has 1 heterocycles. The Morgan fingerprint density at radius 1 is 0.875 bits per heavy atom. The van der Waals surface area contributed by atoms with Gasteiger partial charge in [0.1, 0.15) is 0 Å². The van der Waals surface area contributed by atoms with Crippen LogP contribution >= 0.6 is 0 Å². The van der Waals surface area contributed by atoms with E-state index in [4.69, 9.17) is 0 Å². The molecule has 0 spiro atoms. The average molecular weight is 471 g/mol. The lowest BCUT2D eigenvalue weighted by Crippen LogP contribution is -2.25. The first kappa shape index (κ1) is 23.1. The summed E-state index contributed by atoms with van der Waals surface area (Å²) in [6.45, 7) is -1.10. The highest BCUT2D eigenvalue weighted by atomic mass is 19.4. The van der Waals surface area contributed by atoms with Gasteiger partial charge in [0, 0.05) is 11.8 Å². The summed E-state index contributed by atoms with van der Waals surface area (Å²) in [5.41, 5.74) is -4.64. The summed E-state index contributed by atoms with van der Waals surface area (Å²) in [5, 5.41) is 2.12. The first-order valence-electron chi connectivity index (χ1n) is 8.30. The van der Waals surface area contributed by atoms with Crippen LogP contribution in [0.2, 0.25) is 0 Å². The number of hydrogen-bond acceptors (Lipinski definition) is 5. The standard InChI is InChI=1S/C18H9F8NO5/c19-16(20,21)9-3-8(4-10(5-9)17(22,23)24)15(29)30-7-14(28)27-11-1-2-12-13(6-11)32-18(25,26)31-12/h1-6H,7H2,(H,27,28). The highest BCUT2D eigenvalue weighted by molar-refractivity contribution is 5.95. The first-order chi connectivity index (χ1) is 14.6. The van der Waals surface area contributed by atoms with Gasteiger partial charge in [-0.2, -0.15) is 26.3 Å². The van der Waals surface area contributed by atoms with Gasteiger partial charge in [0.25, 0.3) is 5.91 Å². The smallest absolute Gasteiger partial charge is 0.452 e. The van der Waals surface area contributed by atoms with Crippen LogP contribution in [-0.4, -0.2) is 24.8 Å². The number of fused-ring (bicyclic) bond motifs is 1. The van der Waals surface area contributed by atoms with Gasteiger partial charge in [-0.3, -0.25) is 4.79 Å². The largest absolute Gasteiger partial charge is 0.586 e. The molecule has 0 saturated carbocycles. The molecule has 0 aromatic heterocycles. The Kier molecular flexibility index (Phi) is 5.65. The van der Waals surface area contributed by atoms with Crippen molar-refractivity contribution in [3.05, 3.63) is 53.1 Å². The summed E-state index contributed by atoms with van der Waals surface area (Å²) in [5.74, 6) is -3.41. The molecule has 2 aromatic rings. The van der Waals surface area contributed by atoms with Crippen LogP contribution in [0.15, 0.2) is 36.4 Å². The third-order valence-corrected chi connectivity index (χ3v) is 3.84. The molecule has 1 N–H and O–H groups in total. The van der Waals surface area contributed by atoms with E-state index in [2.05, 4.69) is 19.5 Å². The SMILES string of the molecule is O=C(COC(=O)c1cc(C(F)(F)F)cc(C(F)(F)F)c1)Nc1ccc2c(c1)OC(F)(F)O2. The molecule has 32 heavy (non-hydrogen) atoms. The second-order valence-electron chi connectivity index (χ2n) is 6.25. The van der Waals surface area contributed by atoms with Crippen molar-refractivity contribution in [1.82, 2.24) is 0 Å². The lowest BCUT2D eigenvalue weighted by atomic mass is 10.0. The number of nitrogens with one attached hydrogen (secondary N) is 1.